The number of thioether (sulfide) groups is 1. The second kappa shape index (κ2) is 5.48. The minimum absolute atomic E-state index is 0.0402. The highest BCUT2D eigenvalue weighted by molar-refractivity contribution is 8.14. The van der Waals surface area contributed by atoms with Crippen molar-refractivity contribution in [1.82, 2.24) is 10.3 Å². The van der Waals surface area contributed by atoms with Crippen molar-refractivity contribution in [3.8, 4) is 0 Å². The minimum atomic E-state index is 0.0402. The first-order valence-electron chi connectivity index (χ1n) is 6.35. The normalized spacial score (nSPS) is 14.6. The van der Waals surface area contributed by atoms with E-state index in [1.165, 1.54) is 10.9 Å². The maximum Gasteiger partial charge on any atom is 0.226 e. The van der Waals surface area contributed by atoms with E-state index in [0.717, 1.165) is 29.4 Å². The molecule has 0 aliphatic carbocycles. The fraction of sp³-hybridized carbons (Fsp3) is 0.286. The van der Waals surface area contributed by atoms with Gasteiger partial charge in [0.25, 0.3) is 0 Å². The molecule has 1 aliphatic heterocycles. The van der Waals surface area contributed by atoms with Gasteiger partial charge in [0.15, 0.2) is 5.17 Å². The van der Waals surface area contributed by atoms with Crippen LogP contribution in [0, 0.1) is 0 Å². The zero-order valence-electron chi connectivity index (χ0n) is 10.5. The molecule has 0 fully saturated rings. The number of aromatic nitrogens is 1. The van der Waals surface area contributed by atoms with E-state index in [1.54, 1.807) is 11.8 Å². The standard InChI is InChI=1S/C14H15N3OS/c18-13(17-14-15-7-8-19-14)6-5-10-9-16-12-4-2-1-3-11(10)12/h1-4,9,16H,5-8H2,(H,15,17,18). The summed E-state index contributed by atoms with van der Waals surface area (Å²) in [5.41, 5.74) is 2.31. The summed E-state index contributed by atoms with van der Waals surface area (Å²) in [5, 5.41) is 4.82. The molecule has 0 unspecified atom stereocenters. The number of carbonyl (C=O) groups excluding carboxylic acids is 1. The van der Waals surface area contributed by atoms with E-state index in [-0.39, 0.29) is 5.91 Å². The molecule has 5 heteroatoms. The fourth-order valence-corrected chi connectivity index (χ4v) is 2.92. The highest BCUT2D eigenvalue weighted by Gasteiger charge is 2.11. The molecule has 0 radical (unpaired) electrons. The highest BCUT2D eigenvalue weighted by Crippen LogP contribution is 2.19. The summed E-state index contributed by atoms with van der Waals surface area (Å²) in [7, 11) is 0. The molecule has 0 spiro atoms. The number of rotatable bonds is 3. The molecule has 3 rings (SSSR count). The highest BCUT2D eigenvalue weighted by atomic mass is 32.2. The van der Waals surface area contributed by atoms with Crippen LogP contribution in [0.15, 0.2) is 35.5 Å². The third-order valence-electron chi connectivity index (χ3n) is 3.13. The van der Waals surface area contributed by atoms with Gasteiger partial charge in [-0.2, -0.15) is 0 Å². The monoisotopic (exact) mass is 273 g/mol. The van der Waals surface area contributed by atoms with Gasteiger partial charge in [0.2, 0.25) is 5.91 Å². The predicted molar refractivity (Wildman–Crippen MR) is 79.5 cm³/mol. The van der Waals surface area contributed by atoms with Gasteiger partial charge in [-0.15, -0.1) is 0 Å². The number of nitrogens with one attached hydrogen (secondary N) is 2. The second-order valence-electron chi connectivity index (χ2n) is 4.44. The topological polar surface area (TPSA) is 57.2 Å². The van der Waals surface area contributed by atoms with Gasteiger partial charge in [0.1, 0.15) is 0 Å². The summed E-state index contributed by atoms with van der Waals surface area (Å²) in [6, 6.07) is 8.15. The number of carbonyl (C=O) groups is 1. The molecular formula is C14H15N3OS. The van der Waals surface area contributed by atoms with Crippen LogP contribution in [-0.4, -0.2) is 28.4 Å². The summed E-state index contributed by atoms with van der Waals surface area (Å²) in [5.74, 6) is 1.01. The molecule has 0 bridgehead atoms. The van der Waals surface area contributed by atoms with Gasteiger partial charge in [-0.25, -0.2) is 0 Å². The Labute approximate surface area is 115 Å². The number of hydrogen-bond acceptors (Lipinski definition) is 3. The molecule has 0 atom stereocenters. The lowest BCUT2D eigenvalue weighted by Crippen LogP contribution is -2.27. The van der Waals surface area contributed by atoms with Gasteiger partial charge >= 0.3 is 0 Å². The largest absolute Gasteiger partial charge is 0.361 e. The molecule has 2 N–H and O–H groups in total. The van der Waals surface area contributed by atoms with Gasteiger partial charge in [-0.3, -0.25) is 9.79 Å². The average molecular weight is 273 g/mol. The Hall–Kier alpha value is -1.75. The van der Waals surface area contributed by atoms with Crippen LogP contribution in [0.5, 0.6) is 0 Å². The molecule has 19 heavy (non-hydrogen) atoms. The average Bonchev–Trinajstić information content (AvgIpc) is 3.05. The number of aryl methyl sites for hydroxylation is 1. The Bertz CT molecular complexity index is 632. The first-order valence-corrected chi connectivity index (χ1v) is 7.33. The minimum Gasteiger partial charge on any atom is -0.361 e. The molecule has 4 nitrogen and oxygen atoms in total. The van der Waals surface area contributed by atoms with Crippen molar-refractivity contribution in [2.24, 2.45) is 4.99 Å². The van der Waals surface area contributed by atoms with Crippen molar-refractivity contribution < 1.29 is 4.79 Å². The maximum absolute atomic E-state index is 11.8. The molecule has 0 saturated carbocycles. The van der Waals surface area contributed by atoms with Crippen molar-refractivity contribution in [2.75, 3.05) is 12.3 Å². The Morgan fingerprint density at radius 2 is 2.32 bits per heavy atom. The second-order valence-corrected chi connectivity index (χ2v) is 5.53. The van der Waals surface area contributed by atoms with Crippen LogP contribution in [0.2, 0.25) is 0 Å². The number of benzene rings is 1. The first kappa shape index (κ1) is 12.3. The Morgan fingerprint density at radius 3 is 3.16 bits per heavy atom. The van der Waals surface area contributed by atoms with Crippen LogP contribution in [0.3, 0.4) is 0 Å². The molecule has 1 aliphatic rings. The van der Waals surface area contributed by atoms with Gasteiger partial charge in [0, 0.05) is 29.3 Å². The Balaban J connectivity index is 1.61. The number of H-pyrrole nitrogens is 1. The van der Waals surface area contributed by atoms with Gasteiger partial charge in [-0.1, -0.05) is 30.0 Å². The van der Waals surface area contributed by atoms with E-state index >= 15 is 0 Å². The van der Waals surface area contributed by atoms with Crippen LogP contribution in [0.4, 0.5) is 0 Å². The maximum atomic E-state index is 11.8. The van der Waals surface area contributed by atoms with Crippen molar-refractivity contribution in [3.63, 3.8) is 0 Å². The van der Waals surface area contributed by atoms with Crippen LogP contribution in [0.25, 0.3) is 10.9 Å². The number of nitrogens with zero attached hydrogens (tertiary/aromatic N) is 1. The molecule has 1 aromatic heterocycles. The van der Waals surface area contributed by atoms with E-state index < -0.39 is 0 Å². The van der Waals surface area contributed by atoms with Crippen molar-refractivity contribution in [2.45, 2.75) is 12.8 Å². The summed E-state index contributed by atoms with van der Waals surface area (Å²) in [6.45, 7) is 0.808. The third kappa shape index (κ3) is 2.81. The zero-order chi connectivity index (χ0) is 13.1. The number of hydrogen-bond donors (Lipinski definition) is 2. The van der Waals surface area contributed by atoms with Gasteiger partial charge in [-0.05, 0) is 18.1 Å². The van der Waals surface area contributed by atoms with E-state index in [4.69, 9.17) is 0 Å². The number of aromatic amines is 1. The van der Waals surface area contributed by atoms with E-state index in [2.05, 4.69) is 21.4 Å². The van der Waals surface area contributed by atoms with Crippen molar-refractivity contribution in [1.29, 1.82) is 0 Å². The van der Waals surface area contributed by atoms with Gasteiger partial charge in [0.05, 0.1) is 6.54 Å². The van der Waals surface area contributed by atoms with E-state index in [1.807, 2.05) is 24.4 Å². The van der Waals surface area contributed by atoms with Gasteiger partial charge < -0.3 is 10.3 Å². The lowest BCUT2D eigenvalue weighted by molar-refractivity contribution is -0.119. The van der Waals surface area contributed by atoms with Crippen molar-refractivity contribution in [3.05, 3.63) is 36.0 Å². The molecule has 1 aromatic carbocycles. The number of amidine groups is 1. The summed E-state index contributed by atoms with van der Waals surface area (Å²) >= 11 is 1.61. The molecule has 0 saturated heterocycles. The summed E-state index contributed by atoms with van der Waals surface area (Å²) in [4.78, 5) is 19.3. The van der Waals surface area contributed by atoms with E-state index in [0.29, 0.717) is 6.42 Å². The molecule has 98 valence electrons. The smallest absolute Gasteiger partial charge is 0.226 e. The molecule has 2 heterocycles. The lowest BCUT2D eigenvalue weighted by Gasteiger charge is -2.03. The van der Waals surface area contributed by atoms with Crippen LogP contribution < -0.4 is 5.32 Å². The Kier molecular flexibility index (Phi) is 3.55. The van der Waals surface area contributed by atoms with Crippen molar-refractivity contribution >= 4 is 33.7 Å². The first-order chi connectivity index (χ1) is 9.33. The van der Waals surface area contributed by atoms with E-state index in [9.17, 15) is 4.79 Å². The fourth-order valence-electron chi connectivity index (χ4n) is 2.18. The zero-order valence-corrected chi connectivity index (χ0v) is 11.3. The molecule has 1 amide bonds. The number of para-hydroxylation sites is 1. The number of amides is 1. The van der Waals surface area contributed by atoms with Crippen LogP contribution >= 0.6 is 11.8 Å². The predicted octanol–water partition coefficient (Wildman–Crippen LogP) is 2.32. The lowest BCUT2D eigenvalue weighted by atomic mass is 10.1. The number of fused-ring (bicyclic) bond motifs is 1. The number of aliphatic imine (C=N–C) groups is 1. The molecular weight excluding hydrogens is 258 g/mol. The molecule has 2 aromatic rings. The summed E-state index contributed by atoms with van der Waals surface area (Å²) < 4.78 is 0. The quantitative estimate of drug-likeness (QED) is 0.901. The SMILES string of the molecule is O=C(CCc1c[nH]c2ccccc12)NC1=NCCS1. The Morgan fingerprint density at radius 1 is 1.42 bits per heavy atom. The third-order valence-corrected chi connectivity index (χ3v) is 4.02. The summed E-state index contributed by atoms with van der Waals surface area (Å²) in [6.07, 6.45) is 3.22. The van der Waals surface area contributed by atoms with Crippen LogP contribution in [0.1, 0.15) is 12.0 Å². The van der Waals surface area contributed by atoms with Crippen LogP contribution in [-0.2, 0) is 11.2 Å².